The molecule has 0 spiro atoms. The number of hydrogen-bond donors (Lipinski definition) is 0. The maximum atomic E-state index is 14.4. The van der Waals surface area contributed by atoms with E-state index < -0.39 is 5.82 Å². The lowest BCUT2D eigenvalue weighted by Crippen LogP contribution is -2.64. The van der Waals surface area contributed by atoms with Crippen LogP contribution in [0.5, 0.6) is 0 Å². The summed E-state index contributed by atoms with van der Waals surface area (Å²) in [6.45, 7) is 11.7. The largest absolute Gasteiger partial charge is 0.342 e. The zero-order valence-corrected chi connectivity index (χ0v) is 24.2. The van der Waals surface area contributed by atoms with Gasteiger partial charge in [-0.2, -0.15) is 0 Å². The van der Waals surface area contributed by atoms with Crippen LogP contribution >= 0.6 is 0 Å². The third-order valence-corrected chi connectivity index (χ3v) is 9.70. The van der Waals surface area contributed by atoms with Crippen molar-refractivity contribution in [2.45, 2.75) is 59.0 Å². The van der Waals surface area contributed by atoms with E-state index in [-0.39, 0.29) is 17.9 Å². The molecule has 0 radical (unpaired) electrons. The van der Waals surface area contributed by atoms with Crippen molar-refractivity contribution in [1.82, 2.24) is 24.3 Å². The minimum Gasteiger partial charge on any atom is -0.342 e. The Hall–Kier alpha value is -3.26. The summed E-state index contributed by atoms with van der Waals surface area (Å²) in [5, 5.41) is 1.17. The van der Waals surface area contributed by atoms with Gasteiger partial charge in [-0.1, -0.05) is 0 Å². The van der Waals surface area contributed by atoms with Crippen molar-refractivity contribution >= 4 is 22.7 Å². The van der Waals surface area contributed by atoms with Crippen LogP contribution in [-0.4, -0.2) is 81.4 Å². The molecule has 3 atom stereocenters. The van der Waals surface area contributed by atoms with Crippen molar-refractivity contribution in [1.29, 1.82) is 0 Å². The smallest absolute Gasteiger partial charge is 0.256 e. The minimum atomic E-state index is -0.423. The summed E-state index contributed by atoms with van der Waals surface area (Å²) in [5.74, 6) is 1.33. The summed E-state index contributed by atoms with van der Waals surface area (Å²) >= 11 is 0. The standard InChI is InChI=1S/C32H40FN5O2/c1-19(2)35(5)32(40)27-12-26(33)6-7-28(27)38-18-23(30-20(3)13-34-14-29(30)38)10-22-8-9-36(15-22)31-24-11-25(31)17-37(16-24)21(4)39/h6-7,12-14,18-19,22,24-25,31H,8-11,15-17H2,1-5H3/t22-,24?,25?,31?/m0/s1. The quantitative estimate of drug-likeness (QED) is 0.451. The highest BCUT2D eigenvalue weighted by Crippen LogP contribution is 2.45. The number of benzene rings is 1. The highest BCUT2D eigenvalue weighted by atomic mass is 19.1. The van der Waals surface area contributed by atoms with Crippen molar-refractivity contribution < 1.29 is 14.0 Å². The predicted octanol–water partition coefficient (Wildman–Crippen LogP) is 4.68. The summed E-state index contributed by atoms with van der Waals surface area (Å²) in [5.41, 5.74) is 4.32. The van der Waals surface area contributed by atoms with Crippen LogP contribution in [0.2, 0.25) is 0 Å². The van der Waals surface area contributed by atoms with E-state index in [1.165, 1.54) is 29.5 Å². The molecule has 8 heteroatoms. The van der Waals surface area contributed by atoms with Gasteiger partial charge in [0.1, 0.15) is 5.82 Å². The lowest BCUT2D eigenvalue weighted by atomic mass is 9.65. The average molecular weight is 546 g/mol. The molecule has 7 rings (SSSR count). The van der Waals surface area contributed by atoms with Crippen molar-refractivity contribution in [3.05, 3.63) is 59.3 Å². The fraction of sp³-hybridized carbons (Fsp3) is 0.531. The molecule has 2 unspecified atom stereocenters. The predicted molar refractivity (Wildman–Crippen MR) is 154 cm³/mol. The number of piperidine rings is 2. The summed E-state index contributed by atoms with van der Waals surface area (Å²) in [6.07, 6.45) is 9.25. The Kier molecular flexibility index (Phi) is 6.93. The van der Waals surface area contributed by atoms with Gasteiger partial charge >= 0.3 is 0 Å². The third kappa shape index (κ3) is 4.60. The number of amides is 2. The molecular weight excluding hydrogens is 505 g/mol. The molecule has 212 valence electrons. The average Bonchev–Trinajstić information content (AvgIpc) is 3.53. The van der Waals surface area contributed by atoms with E-state index in [0.29, 0.717) is 35.0 Å². The summed E-state index contributed by atoms with van der Waals surface area (Å²) < 4.78 is 16.4. The van der Waals surface area contributed by atoms with Crippen LogP contribution in [0.3, 0.4) is 0 Å². The summed E-state index contributed by atoms with van der Waals surface area (Å²) in [6, 6.07) is 5.09. The van der Waals surface area contributed by atoms with Crippen LogP contribution in [-0.2, 0) is 11.2 Å². The van der Waals surface area contributed by atoms with Gasteiger partial charge < -0.3 is 14.4 Å². The molecule has 5 heterocycles. The minimum absolute atomic E-state index is 0.00413. The molecule has 2 bridgehead atoms. The molecular formula is C32H40FN5O2. The Labute approximate surface area is 235 Å². The van der Waals surface area contributed by atoms with Crippen molar-refractivity contribution in [2.75, 3.05) is 33.2 Å². The van der Waals surface area contributed by atoms with E-state index in [0.717, 1.165) is 50.1 Å². The zero-order chi connectivity index (χ0) is 28.3. The van der Waals surface area contributed by atoms with E-state index in [4.69, 9.17) is 0 Å². The number of rotatable bonds is 6. The molecule has 3 saturated heterocycles. The number of pyridine rings is 1. The number of fused-ring (bicyclic) bond motifs is 3. The maximum absolute atomic E-state index is 14.4. The highest BCUT2D eigenvalue weighted by molar-refractivity contribution is 5.99. The Morgan fingerprint density at radius 1 is 1.15 bits per heavy atom. The Morgan fingerprint density at radius 2 is 1.90 bits per heavy atom. The normalized spacial score (nSPS) is 24.5. The number of hydrogen-bond acceptors (Lipinski definition) is 4. The van der Waals surface area contributed by atoms with Gasteiger partial charge in [-0.25, -0.2) is 4.39 Å². The first kappa shape index (κ1) is 26.9. The van der Waals surface area contributed by atoms with Gasteiger partial charge in [0.05, 0.1) is 23.0 Å². The fourth-order valence-electron chi connectivity index (χ4n) is 7.44. The monoisotopic (exact) mass is 545 g/mol. The lowest BCUT2D eigenvalue weighted by Gasteiger charge is -2.56. The van der Waals surface area contributed by atoms with E-state index >= 15 is 0 Å². The molecule has 7 nitrogen and oxygen atoms in total. The van der Waals surface area contributed by atoms with Crippen LogP contribution in [0.25, 0.3) is 16.6 Å². The number of aromatic nitrogens is 2. The molecule has 40 heavy (non-hydrogen) atoms. The second-order valence-corrected chi connectivity index (χ2v) is 12.6. The topological polar surface area (TPSA) is 61.7 Å². The lowest BCUT2D eigenvalue weighted by molar-refractivity contribution is -0.141. The first-order valence-corrected chi connectivity index (χ1v) is 14.6. The SMILES string of the molecule is CC(=O)N1CC2CC(C1)C2N1CC[C@@H](Cc2cn(-c3ccc(F)cc3C(=O)N(C)C(C)C)c3cncc(C)c23)C1. The number of aryl methyl sites for hydroxylation is 1. The Morgan fingerprint density at radius 3 is 2.60 bits per heavy atom. The first-order valence-electron chi connectivity index (χ1n) is 14.6. The van der Waals surface area contributed by atoms with Gasteiger partial charge in [-0.05, 0) is 93.7 Å². The molecule has 3 aromatic rings. The molecule has 3 aliphatic heterocycles. The van der Waals surface area contributed by atoms with Crippen LogP contribution in [0, 0.1) is 30.5 Å². The van der Waals surface area contributed by atoms with Gasteiger partial charge in [-0.15, -0.1) is 0 Å². The van der Waals surface area contributed by atoms with E-state index in [9.17, 15) is 14.0 Å². The number of nitrogens with zero attached hydrogens (tertiary/aromatic N) is 5. The zero-order valence-electron chi connectivity index (χ0n) is 24.2. The van der Waals surface area contributed by atoms with Crippen LogP contribution in [0.4, 0.5) is 4.39 Å². The van der Waals surface area contributed by atoms with Gasteiger partial charge in [-0.3, -0.25) is 19.5 Å². The van der Waals surface area contributed by atoms with E-state index in [1.54, 1.807) is 24.9 Å². The second kappa shape index (κ2) is 10.3. The number of likely N-dealkylation sites (tertiary alicyclic amines) is 1. The summed E-state index contributed by atoms with van der Waals surface area (Å²) in [4.78, 5) is 36.1. The van der Waals surface area contributed by atoms with Gasteiger partial charge in [0.25, 0.3) is 5.91 Å². The molecule has 4 aliphatic rings. The maximum Gasteiger partial charge on any atom is 0.256 e. The third-order valence-electron chi connectivity index (χ3n) is 9.70. The number of carbonyl (C=O) groups is 2. The number of halogens is 1. The van der Waals surface area contributed by atoms with Crippen LogP contribution in [0.1, 0.15) is 55.1 Å². The van der Waals surface area contributed by atoms with Crippen LogP contribution in [0.15, 0.2) is 36.8 Å². The van der Waals surface area contributed by atoms with Crippen molar-refractivity contribution in [3.63, 3.8) is 0 Å². The second-order valence-electron chi connectivity index (χ2n) is 12.6. The molecule has 1 saturated carbocycles. The molecule has 1 aliphatic carbocycles. The fourth-order valence-corrected chi connectivity index (χ4v) is 7.44. The Bertz CT molecular complexity index is 1450. The van der Waals surface area contributed by atoms with Crippen molar-refractivity contribution in [2.24, 2.45) is 17.8 Å². The molecule has 2 amide bonds. The molecule has 0 N–H and O–H groups in total. The molecule has 4 fully saturated rings. The Balaban J connectivity index is 1.28. The van der Waals surface area contributed by atoms with Gasteiger partial charge in [0.2, 0.25) is 5.91 Å². The van der Waals surface area contributed by atoms with E-state index in [2.05, 4.69) is 23.0 Å². The van der Waals surface area contributed by atoms with Crippen LogP contribution < -0.4 is 0 Å². The highest BCUT2D eigenvalue weighted by Gasteiger charge is 2.50. The van der Waals surface area contributed by atoms with Gasteiger partial charge in [0, 0.05) is 63.5 Å². The summed E-state index contributed by atoms with van der Waals surface area (Å²) in [7, 11) is 1.76. The molecule has 2 aromatic heterocycles. The first-order chi connectivity index (χ1) is 19.1. The molecule has 1 aromatic carbocycles. The number of carbonyl (C=O) groups excluding carboxylic acids is 2. The van der Waals surface area contributed by atoms with Gasteiger partial charge in [0.15, 0.2) is 0 Å². The van der Waals surface area contributed by atoms with E-state index in [1.807, 2.05) is 35.7 Å². The van der Waals surface area contributed by atoms with Crippen molar-refractivity contribution in [3.8, 4) is 5.69 Å².